The summed E-state index contributed by atoms with van der Waals surface area (Å²) in [6, 6.07) is 6.79. The number of hydrogen-bond acceptors (Lipinski definition) is 6. The summed E-state index contributed by atoms with van der Waals surface area (Å²) < 4.78 is 13.9. The van der Waals surface area contributed by atoms with E-state index in [1.165, 1.54) is 41.7 Å². The molecule has 1 aromatic heterocycles. The van der Waals surface area contributed by atoms with Crippen molar-refractivity contribution in [2.24, 2.45) is 0 Å². The second kappa shape index (κ2) is 8.14. The number of carbonyl (C=O) groups is 1. The van der Waals surface area contributed by atoms with Gasteiger partial charge in [0.2, 0.25) is 11.0 Å². The molecule has 1 amide bonds. The minimum Gasteiger partial charge on any atom is -0.337 e. The average Bonchev–Trinajstić information content (AvgIpc) is 3.00. The van der Waals surface area contributed by atoms with Gasteiger partial charge in [-0.1, -0.05) is 29.2 Å². The first kappa shape index (κ1) is 18.1. The van der Waals surface area contributed by atoms with Crippen molar-refractivity contribution in [3.8, 4) is 0 Å². The van der Waals surface area contributed by atoms with Crippen LogP contribution in [0.5, 0.6) is 0 Å². The molecule has 1 N–H and O–H groups in total. The number of likely N-dealkylation sites (tertiary alicyclic amines) is 1. The van der Waals surface area contributed by atoms with E-state index >= 15 is 0 Å². The number of benzene rings is 1. The zero-order valence-corrected chi connectivity index (χ0v) is 15.9. The lowest BCUT2D eigenvalue weighted by Crippen LogP contribution is -2.48. The fraction of sp³-hybridized carbons (Fsp3) is 0.471. The van der Waals surface area contributed by atoms with Crippen molar-refractivity contribution in [1.29, 1.82) is 0 Å². The van der Waals surface area contributed by atoms with Crippen LogP contribution in [0.25, 0.3) is 0 Å². The van der Waals surface area contributed by atoms with Gasteiger partial charge in [0.25, 0.3) is 0 Å². The van der Waals surface area contributed by atoms with Crippen LogP contribution in [-0.2, 0) is 4.79 Å². The maximum Gasteiger partial charge on any atom is 0.233 e. The number of nitrogens with zero attached hydrogens (tertiary/aromatic N) is 3. The third kappa shape index (κ3) is 4.70. The molecule has 0 spiro atoms. The fourth-order valence-electron chi connectivity index (χ4n) is 3.12. The highest BCUT2D eigenvalue weighted by atomic mass is 32.2. The lowest BCUT2D eigenvalue weighted by molar-refractivity contribution is -0.134. The van der Waals surface area contributed by atoms with Gasteiger partial charge < -0.3 is 10.2 Å². The molecule has 0 bridgehead atoms. The molecule has 134 valence electrons. The highest BCUT2D eigenvalue weighted by Crippen LogP contribution is 2.29. The molecule has 0 radical (unpaired) electrons. The average molecular weight is 381 g/mol. The van der Waals surface area contributed by atoms with E-state index in [-0.39, 0.29) is 11.7 Å². The topological polar surface area (TPSA) is 58.1 Å². The van der Waals surface area contributed by atoms with E-state index in [2.05, 4.69) is 29.4 Å². The Hall–Kier alpha value is -1.67. The summed E-state index contributed by atoms with van der Waals surface area (Å²) in [5.74, 6) is 0.211. The van der Waals surface area contributed by atoms with Crippen molar-refractivity contribution in [2.45, 2.75) is 49.5 Å². The van der Waals surface area contributed by atoms with Gasteiger partial charge in [-0.25, -0.2) is 4.39 Å². The summed E-state index contributed by atoms with van der Waals surface area (Å²) >= 11 is 2.76. The molecule has 1 aliphatic heterocycles. The molecule has 1 fully saturated rings. The molecule has 1 aliphatic rings. The van der Waals surface area contributed by atoms with Crippen LogP contribution in [0.2, 0.25) is 0 Å². The molecule has 1 saturated heterocycles. The predicted molar refractivity (Wildman–Crippen MR) is 99.9 cm³/mol. The first-order valence-electron chi connectivity index (χ1n) is 8.33. The van der Waals surface area contributed by atoms with Crippen LogP contribution < -0.4 is 5.32 Å². The number of amides is 1. The maximum atomic E-state index is 13.2. The molecule has 2 atom stereocenters. The monoisotopic (exact) mass is 380 g/mol. The molecule has 2 heterocycles. The van der Waals surface area contributed by atoms with Crippen LogP contribution >= 0.6 is 23.1 Å². The van der Waals surface area contributed by atoms with Crippen molar-refractivity contribution in [3.63, 3.8) is 0 Å². The second-order valence-corrected chi connectivity index (χ2v) is 8.43. The second-order valence-electron chi connectivity index (χ2n) is 6.23. The Bertz CT molecular complexity index is 729. The lowest BCUT2D eigenvalue weighted by atomic mass is 9.98. The summed E-state index contributed by atoms with van der Waals surface area (Å²) in [6.07, 6.45) is 3.33. The molecule has 0 saturated carbocycles. The molecule has 1 aromatic carbocycles. The molecular weight excluding hydrogens is 359 g/mol. The number of rotatable bonds is 5. The fourth-order valence-corrected chi connectivity index (χ4v) is 4.76. The zero-order valence-electron chi connectivity index (χ0n) is 14.2. The van der Waals surface area contributed by atoms with Gasteiger partial charge in [0.1, 0.15) is 5.82 Å². The number of carbonyl (C=O) groups excluding carboxylic acids is 1. The molecule has 0 aliphatic carbocycles. The number of anilines is 2. The third-order valence-electron chi connectivity index (χ3n) is 4.28. The Balaban J connectivity index is 1.55. The standard InChI is InChI=1S/C17H21FN4OS2/c1-11-5-3-6-12(2)22(11)15(23)10-24-17-21-20-16(25-17)19-14-8-4-7-13(18)9-14/h4,7-9,11-12H,3,5-6,10H2,1-2H3,(H,19,20)/t11-,12+. The SMILES string of the molecule is C[C@@H]1CCC[C@H](C)N1C(=O)CSc1nnc(Nc2cccc(F)c2)s1. The third-order valence-corrected chi connectivity index (χ3v) is 6.24. The number of aromatic nitrogens is 2. The molecule has 8 heteroatoms. The Morgan fingerprint density at radius 3 is 2.84 bits per heavy atom. The van der Waals surface area contributed by atoms with Gasteiger partial charge in [-0.15, -0.1) is 10.2 Å². The minimum absolute atomic E-state index is 0.152. The summed E-state index contributed by atoms with van der Waals surface area (Å²) in [5.41, 5.74) is 0.625. The first-order chi connectivity index (χ1) is 12.0. The van der Waals surface area contributed by atoms with Crippen molar-refractivity contribution in [3.05, 3.63) is 30.1 Å². The van der Waals surface area contributed by atoms with Crippen LogP contribution in [0, 0.1) is 5.82 Å². The highest BCUT2D eigenvalue weighted by Gasteiger charge is 2.28. The molecule has 3 rings (SSSR count). The summed E-state index contributed by atoms with van der Waals surface area (Å²) in [6.45, 7) is 4.23. The number of halogens is 1. The number of thioether (sulfide) groups is 1. The summed E-state index contributed by atoms with van der Waals surface area (Å²) in [5, 5.41) is 11.8. The Kier molecular flexibility index (Phi) is 5.90. The number of piperidine rings is 1. The van der Waals surface area contributed by atoms with E-state index in [9.17, 15) is 9.18 Å². The van der Waals surface area contributed by atoms with Gasteiger partial charge in [0.05, 0.1) is 5.75 Å². The van der Waals surface area contributed by atoms with Crippen LogP contribution in [0.1, 0.15) is 33.1 Å². The zero-order chi connectivity index (χ0) is 17.8. The van der Waals surface area contributed by atoms with Crippen molar-refractivity contribution < 1.29 is 9.18 Å². The van der Waals surface area contributed by atoms with Gasteiger partial charge in [-0.3, -0.25) is 4.79 Å². The molecular formula is C17H21FN4OS2. The van der Waals surface area contributed by atoms with Crippen LogP contribution in [-0.4, -0.2) is 38.8 Å². The first-order valence-corrected chi connectivity index (χ1v) is 10.1. The highest BCUT2D eigenvalue weighted by molar-refractivity contribution is 8.01. The summed E-state index contributed by atoms with van der Waals surface area (Å²) in [7, 11) is 0. The van der Waals surface area contributed by atoms with Crippen molar-refractivity contribution >= 4 is 39.8 Å². The van der Waals surface area contributed by atoms with Crippen LogP contribution in [0.3, 0.4) is 0 Å². The molecule has 0 unspecified atom stereocenters. The van der Waals surface area contributed by atoms with Gasteiger partial charge in [0, 0.05) is 17.8 Å². The quantitative estimate of drug-likeness (QED) is 0.784. The van der Waals surface area contributed by atoms with E-state index in [1.54, 1.807) is 12.1 Å². The molecule has 25 heavy (non-hydrogen) atoms. The minimum atomic E-state index is -0.306. The van der Waals surface area contributed by atoms with Gasteiger partial charge >= 0.3 is 0 Å². The lowest BCUT2D eigenvalue weighted by Gasteiger charge is -2.39. The van der Waals surface area contributed by atoms with Crippen LogP contribution in [0.15, 0.2) is 28.6 Å². The van der Waals surface area contributed by atoms with E-state index in [4.69, 9.17) is 0 Å². The maximum absolute atomic E-state index is 13.2. The molecule has 5 nitrogen and oxygen atoms in total. The normalized spacial score (nSPS) is 20.5. The Morgan fingerprint density at radius 2 is 2.12 bits per heavy atom. The Morgan fingerprint density at radius 1 is 1.36 bits per heavy atom. The van der Waals surface area contributed by atoms with E-state index in [0.29, 0.717) is 28.7 Å². The van der Waals surface area contributed by atoms with Gasteiger partial charge in [-0.05, 0) is 51.3 Å². The van der Waals surface area contributed by atoms with Gasteiger partial charge in [-0.2, -0.15) is 0 Å². The van der Waals surface area contributed by atoms with Crippen molar-refractivity contribution in [2.75, 3.05) is 11.1 Å². The number of nitrogens with one attached hydrogen (secondary N) is 1. The Labute approximate surface area is 155 Å². The van der Waals surface area contributed by atoms with Crippen molar-refractivity contribution in [1.82, 2.24) is 15.1 Å². The summed E-state index contributed by atoms with van der Waals surface area (Å²) in [4.78, 5) is 14.5. The largest absolute Gasteiger partial charge is 0.337 e. The predicted octanol–water partition coefficient (Wildman–Crippen LogP) is 4.30. The smallest absolute Gasteiger partial charge is 0.233 e. The number of hydrogen-bond donors (Lipinski definition) is 1. The van der Waals surface area contributed by atoms with E-state index in [0.717, 1.165) is 17.2 Å². The van der Waals surface area contributed by atoms with Gasteiger partial charge in [0.15, 0.2) is 4.34 Å². The van der Waals surface area contributed by atoms with E-state index in [1.807, 2.05) is 4.90 Å². The van der Waals surface area contributed by atoms with Crippen LogP contribution in [0.4, 0.5) is 15.2 Å². The molecule has 2 aromatic rings. The van der Waals surface area contributed by atoms with E-state index < -0.39 is 0 Å².